The van der Waals surface area contributed by atoms with Crippen LogP contribution in [0.1, 0.15) is 54.0 Å². The number of aromatic nitrogens is 1. The molecule has 0 bridgehead atoms. The van der Waals surface area contributed by atoms with Crippen LogP contribution in [0.2, 0.25) is 0 Å². The van der Waals surface area contributed by atoms with Gasteiger partial charge in [0.05, 0.1) is 6.04 Å². The molecule has 2 aliphatic heterocycles. The Kier molecular flexibility index (Phi) is 5.78. The fourth-order valence-corrected chi connectivity index (χ4v) is 5.29. The van der Waals surface area contributed by atoms with E-state index < -0.39 is 42.0 Å². The molecule has 4 N–H and O–H groups in total. The first-order valence-electron chi connectivity index (χ1n) is 12.0. The van der Waals surface area contributed by atoms with Crippen molar-refractivity contribution in [3.05, 3.63) is 70.9 Å². The molecule has 5 rings (SSSR count). The summed E-state index contributed by atoms with van der Waals surface area (Å²) in [6, 6.07) is 11.9. The largest absolute Gasteiger partial charge is 0.480 e. The zero-order valence-corrected chi connectivity index (χ0v) is 20.2. The number of carboxylic acids is 1. The number of nitrogens with zero attached hydrogens (tertiary/aromatic N) is 1. The molecule has 3 heterocycles. The van der Waals surface area contributed by atoms with Crippen LogP contribution >= 0.6 is 0 Å². The zero-order valence-electron chi connectivity index (χ0n) is 20.2. The van der Waals surface area contributed by atoms with Crippen LogP contribution < -0.4 is 10.6 Å². The van der Waals surface area contributed by atoms with Gasteiger partial charge in [-0.1, -0.05) is 50.2 Å². The summed E-state index contributed by atoms with van der Waals surface area (Å²) >= 11 is 0. The molecule has 3 aromatic rings. The molecule has 0 saturated carbocycles. The molecule has 0 aliphatic carbocycles. The van der Waals surface area contributed by atoms with E-state index in [2.05, 4.69) is 15.6 Å². The number of aliphatic carboxylic acids is 1. The third kappa shape index (κ3) is 3.71. The number of H-pyrrole nitrogens is 1. The molecule has 2 aromatic carbocycles. The smallest absolute Gasteiger partial charge is 0.325 e. The van der Waals surface area contributed by atoms with Gasteiger partial charge in [0.15, 0.2) is 0 Å². The third-order valence-corrected chi connectivity index (χ3v) is 7.13. The quantitative estimate of drug-likeness (QED) is 0.423. The molecule has 2 aliphatic rings. The van der Waals surface area contributed by atoms with Crippen LogP contribution in [0.15, 0.2) is 48.5 Å². The molecule has 0 unspecified atom stereocenters. The number of carbonyl (C=O) groups is 4. The monoisotopic (exact) mass is 488 g/mol. The second-order valence-corrected chi connectivity index (χ2v) is 9.78. The van der Waals surface area contributed by atoms with Crippen LogP contribution in [0.5, 0.6) is 0 Å². The highest BCUT2D eigenvalue weighted by Crippen LogP contribution is 2.46. The van der Waals surface area contributed by atoms with Crippen molar-refractivity contribution in [3.63, 3.8) is 0 Å². The first kappa shape index (κ1) is 23.6. The minimum absolute atomic E-state index is 0.231. The van der Waals surface area contributed by atoms with Gasteiger partial charge in [-0.3, -0.25) is 19.2 Å². The standard InChI is InChI=1S/C27H28N4O5/c1-13(2)21(25(33)28-14(3)27(35)36)30-24(32)20-12-18-15-8-6-7-11-19(15)29-22(18)23-16-9-4-5-10-17(16)26(34)31(20)23/h4-11,13-14,20-21,23,29H,12H2,1-3H3,(H,28,33)(H,30,32)(H,35,36)/t14-,20+,21+,23+/m1/s1. The summed E-state index contributed by atoms with van der Waals surface area (Å²) in [4.78, 5) is 56.4. The molecule has 186 valence electrons. The number of para-hydroxylation sites is 1. The normalized spacial score (nSPS) is 19.9. The van der Waals surface area contributed by atoms with E-state index in [1.165, 1.54) is 6.92 Å². The number of nitrogens with one attached hydrogen (secondary N) is 3. The Hall–Kier alpha value is -4.14. The van der Waals surface area contributed by atoms with E-state index in [1.807, 2.05) is 36.4 Å². The maximum absolute atomic E-state index is 13.7. The summed E-state index contributed by atoms with van der Waals surface area (Å²) in [6.07, 6.45) is 0.291. The van der Waals surface area contributed by atoms with Gasteiger partial charge in [-0.05, 0) is 36.1 Å². The highest BCUT2D eigenvalue weighted by molar-refractivity contribution is 6.04. The number of aromatic amines is 1. The molecule has 9 heteroatoms. The zero-order chi connectivity index (χ0) is 25.7. The predicted molar refractivity (Wildman–Crippen MR) is 132 cm³/mol. The van der Waals surface area contributed by atoms with E-state index in [-0.39, 0.29) is 11.8 Å². The van der Waals surface area contributed by atoms with Crippen LogP contribution in [0.25, 0.3) is 10.9 Å². The van der Waals surface area contributed by atoms with E-state index in [1.54, 1.807) is 30.9 Å². The molecule has 0 saturated heterocycles. The summed E-state index contributed by atoms with van der Waals surface area (Å²) in [5.74, 6) is -2.73. The Morgan fingerprint density at radius 1 is 1.03 bits per heavy atom. The number of carbonyl (C=O) groups excluding carboxylic acids is 3. The summed E-state index contributed by atoms with van der Waals surface area (Å²) in [7, 11) is 0. The molecule has 0 spiro atoms. The maximum Gasteiger partial charge on any atom is 0.325 e. The summed E-state index contributed by atoms with van der Waals surface area (Å²) in [5.41, 5.74) is 4.19. The fraction of sp³-hybridized carbons (Fsp3) is 0.333. The number of amides is 3. The average molecular weight is 489 g/mol. The maximum atomic E-state index is 13.7. The van der Waals surface area contributed by atoms with Gasteiger partial charge in [-0.2, -0.15) is 0 Å². The summed E-state index contributed by atoms with van der Waals surface area (Å²) in [5, 5.41) is 15.4. The van der Waals surface area contributed by atoms with E-state index in [9.17, 15) is 19.2 Å². The van der Waals surface area contributed by atoms with Gasteiger partial charge in [0.2, 0.25) is 11.8 Å². The SMILES string of the molecule is CC(C)[C@H](NC(=O)[C@@H]1Cc2c([nH]c3ccccc23)[C@@H]2c3ccccc3C(=O)N21)C(=O)N[C@H](C)C(=O)O. The van der Waals surface area contributed by atoms with E-state index >= 15 is 0 Å². The molecule has 9 nitrogen and oxygen atoms in total. The van der Waals surface area contributed by atoms with Crippen molar-refractivity contribution >= 4 is 34.6 Å². The van der Waals surface area contributed by atoms with Gasteiger partial charge in [0.25, 0.3) is 5.91 Å². The van der Waals surface area contributed by atoms with Crippen molar-refractivity contribution < 1.29 is 24.3 Å². The highest BCUT2D eigenvalue weighted by Gasteiger charge is 2.49. The van der Waals surface area contributed by atoms with Crippen molar-refractivity contribution in [1.82, 2.24) is 20.5 Å². The first-order chi connectivity index (χ1) is 17.2. The van der Waals surface area contributed by atoms with Crippen molar-refractivity contribution in [2.75, 3.05) is 0 Å². The Balaban J connectivity index is 1.52. The van der Waals surface area contributed by atoms with E-state index in [4.69, 9.17) is 5.11 Å². The molecular weight excluding hydrogens is 460 g/mol. The molecule has 1 aromatic heterocycles. The lowest BCUT2D eigenvalue weighted by atomic mass is 9.89. The van der Waals surface area contributed by atoms with Crippen LogP contribution in [0, 0.1) is 5.92 Å². The summed E-state index contributed by atoms with van der Waals surface area (Å²) < 4.78 is 0. The number of carboxylic acid groups (broad SMARTS) is 1. The number of hydrogen-bond donors (Lipinski definition) is 4. The molecule has 36 heavy (non-hydrogen) atoms. The molecule has 0 radical (unpaired) electrons. The predicted octanol–water partition coefficient (Wildman–Crippen LogP) is 2.37. The van der Waals surface area contributed by atoms with Gasteiger partial charge in [0.1, 0.15) is 18.1 Å². The lowest BCUT2D eigenvalue weighted by molar-refractivity contribution is -0.142. The lowest BCUT2D eigenvalue weighted by Crippen LogP contribution is -2.58. The Morgan fingerprint density at radius 3 is 2.44 bits per heavy atom. The van der Waals surface area contributed by atoms with Crippen molar-refractivity contribution in [2.24, 2.45) is 5.92 Å². The molecule has 4 atom stereocenters. The highest BCUT2D eigenvalue weighted by atomic mass is 16.4. The first-order valence-corrected chi connectivity index (χ1v) is 12.0. The van der Waals surface area contributed by atoms with Crippen LogP contribution in [0.4, 0.5) is 0 Å². The average Bonchev–Trinajstić information content (AvgIpc) is 3.37. The van der Waals surface area contributed by atoms with Crippen LogP contribution in [-0.4, -0.2) is 56.8 Å². The van der Waals surface area contributed by atoms with Gasteiger partial charge in [-0.15, -0.1) is 0 Å². The Morgan fingerprint density at radius 2 is 1.72 bits per heavy atom. The Bertz CT molecular complexity index is 1390. The summed E-state index contributed by atoms with van der Waals surface area (Å²) in [6.45, 7) is 4.91. The number of fused-ring (bicyclic) bond motifs is 7. The second kappa shape index (κ2) is 8.82. The van der Waals surface area contributed by atoms with E-state index in [0.717, 1.165) is 27.7 Å². The number of rotatable bonds is 6. The van der Waals surface area contributed by atoms with Crippen LogP contribution in [-0.2, 0) is 20.8 Å². The van der Waals surface area contributed by atoms with E-state index in [0.29, 0.717) is 12.0 Å². The lowest BCUT2D eigenvalue weighted by Gasteiger charge is -2.38. The number of hydrogen-bond acceptors (Lipinski definition) is 4. The fourth-order valence-electron chi connectivity index (χ4n) is 5.29. The van der Waals surface area contributed by atoms with Gasteiger partial charge >= 0.3 is 5.97 Å². The second-order valence-electron chi connectivity index (χ2n) is 9.78. The molecule has 0 fully saturated rings. The number of benzene rings is 2. The topological polar surface area (TPSA) is 132 Å². The minimum Gasteiger partial charge on any atom is -0.480 e. The molecular formula is C27H28N4O5. The van der Waals surface area contributed by atoms with Gasteiger partial charge in [-0.25, -0.2) is 0 Å². The van der Waals surface area contributed by atoms with Crippen molar-refractivity contribution in [2.45, 2.75) is 51.4 Å². The molecule has 3 amide bonds. The minimum atomic E-state index is -1.17. The third-order valence-electron chi connectivity index (χ3n) is 7.13. The van der Waals surface area contributed by atoms with Crippen LogP contribution in [0.3, 0.4) is 0 Å². The van der Waals surface area contributed by atoms with Crippen molar-refractivity contribution in [3.8, 4) is 0 Å². The van der Waals surface area contributed by atoms with Crippen molar-refractivity contribution in [1.29, 1.82) is 0 Å². The Labute approximate surface area is 207 Å². The van der Waals surface area contributed by atoms with Gasteiger partial charge < -0.3 is 25.6 Å². The van der Waals surface area contributed by atoms with Gasteiger partial charge in [0, 0.05) is 28.6 Å².